The normalized spacial score (nSPS) is 21.2. The molecular formula is C20H31N3O3. The second kappa shape index (κ2) is 7.82. The summed E-state index contributed by atoms with van der Waals surface area (Å²) >= 11 is 0. The smallest absolute Gasteiger partial charge is 0.410 e. The number of aromatic nitrogens is 1. The van der Waals surface area contributed by atoms with Crippen LogP contribution in [0.3, 0.4) is 0 Å². The lowest BCUT2D eigenvalue weighted by Crippen LogP contribution is -2.39. The molecule has 26 heavy (non-hydrogen) atoms. The highest BCUT2D eigenvalue weighted by Gasteiger charge is 2.29. The standard InChI is InChI=1S/C20H31N3O3/c1-5-15-14-23(19(24)26-20(2,3)4)9-8-16-6-7-17(21-18(15)16)22-10-12-25-13-11-22/h6-7,15H,5,8-14H2,1-4H3. The molecule has 144 valence electrons. The maximum Gasteiger partial charge on any atom is 0.410 e. The Bertz CT molecular complexity index is 636. The molecule has 1 unspecified atom stereocenters. The van der Waals surface area contributed by atoms with Crippen LogP contribution in [0.1, 0.15) is 51.3 Å². The summed E-state index contributed by atoms with van der Waals surface area (Å²) in [5, 5.41) is 0. The van der Waals surface area contributed by atoms with Gasteiger partial charge in [-0.1, -0.05) is 13.0 Å². The average molecular weight is 361 g/mol. The van der Waals surface area contributed by atoms with Crippen LogP contribution in [-0.4, -0.2) is 61.0 Å². The molecule has 1 saturated heterocycles. The minimum atomic E-state index is -0.473. The van der Waals surface area contributed by atoms with Crippen molar-refractivity contribution in [3.8, 4) is 0 Å². The van der Waals surface area contributed by atoms with Crippen molar-refractivity contribution >= 4 is 11.9 Å². The van der Waals surface area contributed by atoms with Crippen LogP contribution in [0.25, 0.3) is 0 Å². The number of rotatable bonds is 2. The number of morpholine rings is 1. The molecule has 1 aromatic rings. The number of fused-ring (bicyclic) bond motifs is 1. The first-order chi connectivity index (χ1) is 12.4. The summed E-state index contributed by atoms with van der Waals surface area (Å²) in [6.45, 7) is 12.5. The van der Waals surface area contributed by atoms with Crippen LogP contribution < -0.4 is 4.90 Å². The lowest BCUT2D eigenvalue weighted by Gasteiger charge is -2.29. The second-order valence-electron chi connectivity index (χ2n) is 8.09. The summed E-state index contributed by atoms with van der Waals surface area (Å²) in [5.41, 5.74) is 1.92. The summed E-state index contributed by atoms with van der Waals surface area (Å²) < 4.78 is 11.0. The van der Waals surface area contributed by atoms with Crippen LogP contribution in [0.5, 0.6) is 0 Å². The SMILES string of the molecule is CCC1CN(C(=O)OC(C)(C)C)CCc2ccc(N3CCOCC3)nc21. The number of carbonyl (C=O) groups is 1. The fourth-order valence-electron chi connectivity index (χ4n) is 3.54. The predicted molar refractivity (Wildman–Crippen MR) is 102 cm³/mol. The minimum Gasteiger partial charge on any atom is -0.444 e. The van der Waals surface area contributed by atoms with E-state index < -0.39 is 5.60 Å². The molecule has 0 N–H and O–H groups in total. The predicted octanol–water partition coefficient (Wildman–Crippen LogP) is 3.21. The van der Waals surface area contributed by atoms with E-state index in [-0.39, 0.29) is 12.0 Å². The van der Waals surface area contributed by atoms with Crippen molar-refractivity contribution in [1.82, 2.24) is 9.88 Å². The molecule has 3 rings (SSSR count). The minimum absolute atomic E-state index is 0.225. The van der Waals surface area contributed by atoms with Gasteiger partial charge in [-0.25, -0.2) is 9.78 Å². The Morgan fingerprint density at radius 1 is 1.27 bits per heavy atom. The zero-order valence-electron chi connectivity index (χ0n) is 16.5. The van der Waals surface area contributed by atoms with Gasteiger partial charge >= 0.3 is 6.09 Å². The molecule has 2 aliphatic rings. The van der Waals surface area contributed by atoms with Gasteiger partial charge in [-0.2, -0.15) is 0 Å². The van der Waals surface area contributed by atoms with Gasteiger partial charge in [0.05, 0.1) is 18.9 Å². The highest BCUT2D eigenvalue weighted by Crippen LogP contribution is 2.29. The van der Waals surface area contributed by atoms with Crippen molar-refractivity contribution in [2.45, 2.75) is 52.1 Å². The molecule has 1 aromatic heterocycles. The second-order valence-corrected chi connectivity index (χ2v) is 8.09. The zero-order valence-corrected chi connectivity index (χ0v) is 16.5. The van der Waals surface area contributed by atoms with E-state index in [2.05, 4.69) is 24.0 Å². The van der Waals surface area contributed by atoms with E-state index in [0.29, 0.717) is 13.1 Å². The number of hydrogen-bond donors (Lipinski definition) is 0. The molecule has 0 bridgehead atoms. The van der Waals surface area contributed by atoms with E-state index in [4.69, 9.17) is 14.5 Å². The molecule has 1 fully saturated rings. The molecule has 6 nitrogen and oxygen atoms in total. The van der Waals surface area contributed by atoms with E-state index in [1.54, 1.807) is 0 Å². The Labute approximate surface area is 156 Å². The van der Waals surface area contributed by atoms with E-state index in [1.807, 2.05) is 25.7 Å². The highest BCUT2D eigenvalue weighted by molar-refractivity contribution is 5.68. The van der Waals surface area contributed by atoms with Crippen molar-refractivity contribution < 1.29 is 14.3 Å². The third-order valence-electron chi connectivity index (χ3n) is 4.96. The maximum absolute atomic E-state index is 12.6. The topological polar surface area (TPSA) is 54.9 Å². The quantitative estimate of drug-likeness (QED) is 0.810. The summed E-state index contributed by atoms with van der Waals surface area (Å²) in [7, 11) is 0. The third kappa shape index (κ3) is 4.47. The molecule has 0 saturated carbocycles. The Hall–Kier alpha value is -1.82. The number of hydrogen-bond acceptors (Lipinski definition) is 5. The van der Waals surface area contributed by atoms with Crippen molar-refractivity contribution in [2.75, 3.05) is 44.3 Å². The summed E-state index contributed by atoms with van der Waals surface area (Å²) in [5.74, 6) is 1.26. The molecule has 0 spiro atoms. The Morgan fingerprint density at radius 2 is 2.00 bits per heavy atom. The molecule has 2 aliphatic heterocycles. The molecule has 0 radical (unpaired) electrons. The van der Waals surface area contributed by atoms with E-state index >= 15 is 0 Å². The molecule has 1 amide bonds. The Kier molecular flexibility index (Phi) is 5.70. The molecule has 3 heterocycles. The van der Waals surface area contributed by atoms with Crippen LogP contribution >= 0.6 is 0 Å². The number of nitrogens with zero attached hydrogens (tertiary/aromatic N) is 3. The lowest BCUT2D eigenvalue weighted by atomic mass is 9.97. The number of pyridine rings is 1. The van der Waals surface area contributed by atoms with Crippen LogP contribution in [0.4, 0.5) is 10.6 Å². The molecule has 0 aliphatic carbocycles. The lowest BCUT2D eigenvalue weighted by molar-refractivity contribution is 0.0245. The van der Waals surface area contributed by atoms with Gasteiger partial charge < -0.3 is 19.3 Å². The van der Waals surface area contributed by atoms with E-state index in [9.17, 15) is 4.79 Å². The third-order valence-corrected chi connectivity index (χ3v) is 4.96. The van der Waals surface area contributed by atoms with Crippen LogP contribution in [0, 0.1) is 0 Å². The first-order valence-corrected chi connectivity index (χ1v) is 9.68. The number of ether oxygens (including phenoxy) is 2. The van der Waals surface area contributed by atoms with Gasteiger partial charge in [0.2, 0.25) is 0 Å². The number of carbonyl (C=O) groups excluding carboxylic acids is 1. The average Bonchev–Trinajstić information content (AvgIpc) is 2.80. The van der Waals surface area contributed by atoms with Gasteiger partial charge in [-0.05, 0) is 45.2 Å². The van der Waals surface area contributed by atoms with Gasteiger partial charge in [0.1, 0.15) is 11.4 Å². The molecule has 1 atom stereocenters. The number of anilines is 1. The van der Waals surface area contributed by atoms with Gasteiger partial charge in [0.25, 0.3) is 0 Å². The summed E-state index contributed by atoms with van der Waals surface area (Å²) in [6, 6.07) is 4.30. The molecule has 6 heteroatoms. The van der Waals surface area contributed by atoms with Crippen LogP contribution in [0.2, 0.25) is 0 Å². The van der Waals surface area contributed by atoms with Gasteiger partial charge in [0.15, 0.2) is 0 Å². The summed E-state index contributed by atoms with van der Waals surface area (Å²) in [4.78, 5) is 21.7. The van der Waals surface area contributed by atoms with E-state index in [0.717, 1.165) is 50.7 Å². The van der Waals surface area contributed by atoms with Crippen LogP contribution in [0.15, 0.2) is 12.1 Å². The largest absolute Gasteiger partial charge is 0.444 e. The Morgan fingerprint density at radius 3 is 2.65 bits per heavy atom. The maximum atomic E-state index is 12.6. The van der Waals surface area contributed by atoms with Crippen molar-refractivity contribution in [3.05, 3.63) is 23.4 Å². The monoisotopic (exact) mass is 361 g/mol. The van der Waals surface area contributed by atoms with E-state index in [1.165, 1.54) is 5.56 Å². The molecular weight excluding hydrogens is 330 g/mol. The Balaban J connectivity index is 1.80. The summed E-state index contributed by atoms with van der Waals surface area (Å²) in [6.07, 6.45) is 1.55. The molecule has 0 aromatic carbocycles. The fraction of sp³-hybridized carbons (Fsp3) is 0.700. The zero-order chi connectivity index (χ0) is 18.7. The van der Waals surface area contributed by atoms with Gasteiger partial charge in [-0.3, -0.25) is 0 Å². The highest BCUT2D eigenvalue weighted by atomic mass is 16.6. The van der Waals surface area contributed by atoms with Crippen molar-refractivity contribution in [3.63, 3.8) is 0 Å². The van der Waals surface area contributed by atoms with Crippen LogP contribution in [-0.2, 0) is 15.9 Å². The first kappa shape index (κ1) is 19.0. The van der Waals surface area contributed by atoms with Crippen molar-refractivity contribution in [1.29, 1.82) is 0 Å². The van der Waals surface area contributed by atoms with Crippen molar-refractivity contribution in [2.24, 2.45) is 0 Å². The van der Waals surface area contributed by atoms with Gasteiger partial charge in [-0.15, -0.1) is 0 Å². The number of amides is 1. The fourth-order valence-corrected chi connectivity index (χ4v) is 3.54. The van der Waals surface area contributed by atoms with Gasteiger partial charge in [0, 0.05) is 32.1 Å². The first-order valence-electron chi connectivity index (χ1n) is 9.68.